The zero-order valence-corrected chi connectivity index (χ0v) is 16.4. The lowest BCUT2D eigenvalue weighted by Crippen LogP contribution is -2.27. The highest BCUT2D eigenvalue weighted by atomic mass is 32.2. The molecule has 5 nitrogen and oxygen atoms in total. The number of halogens is 1. The molecule has 0 radical (unpaired) electrons. The first kappa shape index (κ1) is 20.8. The van der Waals surface area contributed by atoms with Crippen LogP contribution in [0.15, 0.2) is 53.4 Å². The number of amides is 2. The van der Waals surface area contributed by atoms with E-state index < -0.39 is 17.5 Å². The first-order valence-corrected chi connectivity index (χ1v) is 9.49. The van der Waals surface area contributed by atoms with Crippen LogP contribution in [0, 0.1) is 5.82 Å². The molecular formula is C20H23FN2O3S. The predicted octanol–water partition coefficient (Wildman–Crippen LogP) is 5.29. The lowest BCUT2D eigenvalue weighted by Gasteiger charge is -2.20. The van der Waals surface area contributed by atoms with Crippen LogP contribution in [0.3, 0.4) is 0 Å². The molecule has 2 N–H and O–H groups in total. The molecule has 2 aromatic carbocycles. The van der Waals surface area contributed by atoms with Gasteiger partial charge < -0.3 is 10.1 Å². The summed E-state index contributed by atoms with van der Waals surface area (Å²) in [6.45, 7) is 5.22. The number of carbonyl (C=O) groups excluding carboxylic acids is 2. The van der Waals surface area contributed by atoms with Gasteiger partial charge in [-0.1, -0.05) is 18.2 Å². The molecule has 2 rings (SSSR count). The summed E-state index contributed by atoms with van der Waals surface area (Å²) in [6, 6.07) is 13.5. The molecule has 0 bridgehead atoms. The lowest BCUT2D eigenvalue weighted by molar-refractivity contribution is -0.115. The molecule has 0 heterocycles. The van der Waals surface area contributed by atoms with E-state index in [1.165, 1.54) is 12.1 Å². The fourth-order valence-electron chi connectivity index (χ4n) is 2.13. The van der Waals surface area contributed by atoms with Gasteiger partial charge >= 0.3 is 6.09 Å². The van der Waals surface area contributed by atoms with Crippen LogP contribution in [0.4, 0.5) is 20.6 Å². The summed E-state index contributed by atoms with van der Waals surface area (Å²) in [7, 11) is 0. The van der Waals surface area contributed by atoms with Gasteiger partial charge in [-0.2, -0.15) is 0 Å². The number of ether oxygens (including phenoxy) is 1. The maximum absolute atomic E-state index is 13.6. The summed E-state index contributed by atoms with van der Waals surface area (Å²) < 4.78 is 18.8. The maximum Gasteiger partial charge on any atom is 0.412 e. The highest BCUT2D eigenvalue weighted by molar-refractivity contribution is 7.99. The topological polar surface area (TPSA) is 67.4 Å². The Morgan fingerprint density at radius 1 is 1.04 bits per heavy atom. The molecule has 0 atom stereocenters. The van der Waals surface area contributed by atoms with Crippen molar-refractivity contribution >= 4 is 35.1 Å². The second-order valence-corrected chi connectivity index (χ2v) is 7.94. The minimum Gasteiger partial charge on any atom is -0.444 e. The third kappa shape index (κ3) is 7.70. The van der Waals surface area contributed by atoms with Gasteiger partial charge in [0.25, 0.3) is 0 Å². The van der Waals surface area contributed by atoms with Crippen molar-refractivity contribution in [1.29, 1.82) is 0 Å². The van der Waals surface area contributed by atoms with Gasteiger partial charge in [-0.25, -0.2) is 9.18 Å². The number of hydrogen-bond donors (Lipinski definition) is 2. The zero-order chi connectivity index (χ0) is 19.9. The molecule has 144 valence electrons. The quantitative estimate of drug-likeness (QED) is 0.658. The Bertz CT molecular complexity index is 792. The van der Waals surface area contributed by atoms with Gasteiger partial charge in [0.05, 0.1) is 11.4 Å². The monoisotopic (exact) mass is 390 g/mol. The second-order valence-electron chi connectivity index (χ2n) is 6.78. The van der Waals surface area contributed by atoms with Crippen molar-refractivity contribution in [2.75, 3.05) is 16.4 Å². The Kier molecular flexibility index (Phi) is 7.24. The summed E-state index contributed by atoms with van der Waals surface area (Å²) in [5.74, 6) is -0.199. The molecule has 0 saturated heterocycles. The molecule has 0 unspecified atom stereocenters. The fraction of sp³-hybridized carbons (Fsp3) is 0.300. The molecule has 0 fully saturated rings. The Labute approximate surface area is 162 Å². The van der Waals surface area contributed by atoms with Gasteiger partial charge in [0.15, 0.2) is 0 Å². The number of carbonyl (C=O) groups is 2. The molecule has 0 aromatic heterocycles. The van der Waals surface area contributed by atoms with Gasteiger partial charge in [-0.3, -0.25) is 10.1 Å². The Hall–Kier alpha value is -2.54. The van der Waals surface area contributed by atoms with E-state index in [9.17, 15) is 14.0 Å². The molecule has 7 heteroatoms. The highest BCUT2D eigenvalue weighted by Crippen LogP contribution is 2.24. The normalized spacial score (nSPS) is 11.0. The van der Waals surface area contributed by atoms with E-state index in [0.717, 1.165) is 11.0 Å². The summed E-state index contributed by atoms with van der Waals surface area (Å²) in [5, 5.41) is 5.18. The van der Waals surface area contributed by atoms with Crippen LogP contribution in [0.25, 0.3) is 0 Å². The second kappa shape index (κ2) is 9.41. The van der Waals surface area contributed by atoms with Crippen molar-refractivity contribution < 1.29 is 18.7 Å². The summed E-state index contributed by atoms with van der Waals surface area (Å²) in [5.41, 5.74) is -0.201. The van der Waals surface area contributed by atoms with Gasteiger partial charge in [-0.15, -0.1) is 11.8 Å². The number of hydrogen-bond acceptors (Lipinski definition) is 4. The average Bonchev–Trinajstić information content (AvgIpc) is 2.56. The van der Waals surface area contributed by atoms with Gasteiger partial charge in [0, 0.05) is 17.1 Å². The van der Waals surface area contributed by atoms with Crippen molar-refractivity contribution in [3.05, 3.63) is 54.3 Å². The summed E-state index contributed by atoms with van der Waals surface area (Å²) >= 11 is 1.56. The van der Waals surface area contributed by atoms with Crippen LogP contribution in [0.5, 0.6) is 0 Å². The van der Waals surface area contributed by atoms with Gasteiger partial charge in [-0.05, 0) is 51.1 Å². The largest absolute Gasteiger partial charge is 0.444 e. The molecule has 2 aromatic rings. The van der Waals surface area contributed by atoms with E-state index in [2.05, 4.69) is 10.6 Å². The van der Waals surface area contributed by atoms with Crippen molar-refractivity contribution in [2.24, 2.45) is 0 Å². The van der Waals surface area contributed by atoms with Crippen LogP contribution in [0.1, 0.15) is 27.2 Å². The predicted molar refractivity (Wildman–Crippen MR) is 107 cm³/mol. The maximum atomic E-state index is 13.6. The molecule has 0 saturated carbocycles. The zero-order valence-electron chi connectivity index (χ0n) is 15.5. The van der Waals surface area contributed by atoms with Gasteiger partial charge in [0.1, 0.15) is 11.4 Å². The van der Waals surface area contributed by atoms with E-state index in [-0.39, 0.29) is 23.7 Å². The third-order valence-electron chi connectivity index (χ3n) is 3.23. The number of benzene rings is 2. The minimum absolute atomic E-state index is 0.190. The Balaban J connectivity index is 1.95. The van der Waals surface area contributed by atoms with E-state index in [1.807, 2.05) is 30.3 Å². The van der Waals surface area contributed by atoms with E-state index in [1.54, 1.807) is 32.5 Å². The lowest BCUT2D eigenvalue weighted by atomic mass is 10.2. The average molecular weight is 390 g/mol. The molecule has 0 aliphatic rings. The molecule has 27 heavy (non-hydrogen) atoms. The number of thioether (sulfide) groups is 1. The Morgan fingerprint density at radius 2 is 1.74 bits per heavy atom. The van der Waals surface area contributed by atoms with Crippen LogP contribution >= 0.6 is 11.8 Å². The standard InChI is InChI=1S/C20H23FN2O3S/c1-20(2,3)26-19(25)23-16-10-9-14(21)13-17(16)22-18(24)11-12-27-15-7-5-4-6-8-15/h4-10,13H,11-12H2,1-3H3,(H,22,24)(H,23,25). The molecule has 0 aliphatic carbocycles. The number of nitrogens with one attached hydrogen (secondary N) is 2. The minimum atomic E-state index is -0.677. The van der Waals surface area contributed by atoms with Crippen molar-refractivity contribution in [1.82, 2.24) is 0 Å². The number of anilines is 2. The summed E-state index contributed by atoms with van der Waals surface area (Å²) in [6.07, 6.45) is -0.425. The van der Waals surface area contributed by atoms with E-state index in [4.69, 9.17) is 4.74 Å². The van der Waals surface area contributed by atoms with Crippen LogP contribution in [0.2, 0.25) is 0 Å². The molecule has 0 spiro atoms. The molecular weight excluding hydrogens is 367 g/mol. The van der Waals surface area contributed by atoms with Crippen LogP contribution < -0.4 is 10.6 Å². The van der Waals surface area contributed by atoms with Crippen LogP contribution in [-0.2, 0) is 9.53 Å². The van der Waals surface area contributed by atoms with Crippen LogP contribution in [-0.4, -0.2) is 23.4 Å². The Morgan fingerprint density at radius 3 is 2.41 bits per heavy atom. The molecule has 0 aliphatic heterocycles. The highest BCUT2D eigenvalue weighted by Gasteiger charge is 2.18. The SMILES string of the molecule is CC(C)(C)OC(=O)Nc1ccc(F)cc1NC(=O)CCSc1ccccc1. The third-order valence-corrected chi connectivity index (χ3v) is 4.25. The van der Waals surface area contributed by atoms with Crippen molar-refractivity contribution in [3.8, 4) is 0 Å². The smallest absolute Gasteiger partial charge is 0.412 e. The first-order chi connectivity index (χ1) is 12.7. The number of rotatable bonds is 6. The fourth-order valence-corrected chi connectivity index (χ4v) is 3.01. The van der Waals surface area contributed by atoms with E-state index >= 15 is 0 Å². The van der Waals surface area contributed by atoms with Crippen molar-refractivity contribution in [3.63, 3.8) is 0 Å². The van der Waals surface area contributed by atoms with Crippen molar-refractivity contribution in [2.45, 2.75) is 37.7 Å². The van der Waals surface area contributed by atoms with E-state index in [0.29, 0.717) is 5.75 Å². The summed E-state index contributed by atoms with van der Waals surface area (Å²) in [4.78, 5) is 25.2. The molecule has 2 amide bonds. The first-order valence-electron chi connectivity index (χ1n) is 8.50. The van der Waals surface area contributed by atoms with Gasteiger partial charge in [0.2, 0.25) is 5.91 Å².